The van der Waals surface area contributed by atoms with Crippen molar-refractivity contribution in [3.8, 4) is 5.69 Å². The minimum atomic E-state index is -0.247. The molecule has 0 radical (unpaired) electrons. The van der Waals surface area contributed by atoms with Crippen molar-refractivity contribution in [1.82, 2.24) is 19.4 Å². The molecule has 202 valence electrons. The lowest BCUT2D eigenvalue weighted by molar-refractivity contribution is -0.137. The Morgan fingerprint density at radius 3 is 2.31 bits per heavy atom. The van der Waals surface area contributed by atoms with Crippen LogP contribution >= 0.6 is 0 Å². The van der Waals surface area contributed by atoms with Gasteiger partial charge in [0.05, 0.1) is 17.6 Å². The third-order valence-corrected chi connectivity index (χ3v) is 8.32. The van der Waals surface area contributed by atoms with Gasteiger partial charge in [-0.25, -0.2) is 9.37 Å². The second-order valence-corrected chi connectivity index (χ2v) is 10.7. The lowest BCUT2D eigenvalue weighted by Gasteiger charge is -2.39. The minimum absolute atomic E-state index is 0.0895. The molecule has 7 heteroatoms. The second kappa shape index (κ2) is 11.2. The number of aromatic nitrogens is 2. The molecule has 3 heterocycles. The van der Waals surface area contributed by atoms with Crippen LogP contribution in [-0.4, -0.2) is 64.5 Å². The topological polar surface area (TPSA) is 44.6 Å². The average molecular weight is 526 g/mol. The molecule has 6 nitrogen and oxygen atoms in total. The highest BCUT2D eigenvalue weighted by molar-refractivity contribution is 5.79. The van der Waals surface area contributed by atoms with Gasteiger partial charge in [0.25, 0.3) is 0 Å². The van der Waals surface area contributed by atoms with E-state index >= 15 is 0 Å². The van der Waals surface area contributed by atoms with Crippen LogP contribution in [0.1, 0.15) is 31.2 Å². The molecule has 0 spiro atoms. The van der Waals surface area contributed by atoms with Crippen molar-refractivity contribution in [3.63, 3.8) is 0 Å². The molecule has 6 rings (SSSR count). The molecule has 1 amide bonds. The number of hydrogen-bond donors (Lipinski definition) is 0. The van der Waals surface area contributed by atoms with E-state index in [1.54, 1.807) is 12.1 Å². The van der Waals surface area contributed by atoms with Gasteiger partial charge in [0.2, 0.25) is 5.91 Å². The number of aryl methyl sites for hydroxylation is 1. The van der Waals surface area contributed by atoms with E-state index in [1.165, 1.54) is 23.4 Å². The maximum absolute atomic E-state index is 13.6. The summed E-state index contributed by atoms with van der Waals surface area (Å²) in [6.07, 6.45) is 2.76. The fraction of sp³-hybridized carbons (Fsp3) is 0.375. The van der Waals surface area contributed by atoms with E-state index in [0.717, 1.165) is 81.1 Å². The number of piperazine rings is 1. The van der Waals surface area contributed by atoms with Crippen LogP contribution in [0.4, 0.5) is 10.1 Å². The number of hydrogen-bond acceptors (Lipinski definition) is 4. The van der Waals surface area contributed by atoms with Crippen LogP contribution in [0.2, 0.25) is 0 Å². The normalized spacial score (nSPS) is 17.2. The largest absolute Gasteiger partial charge is 0.368 e. The molecule has 2 saturated heterocycles. The van der Waals surface area contributed by atoms with Crippen molar-refractivity contribution in [2.75, 3.05) is 44.2 Å². The average Bonchev–Trinajstić information content (AvgIpc) is 3.35. The first-order chi connectivity index (χ1) is 19.1. The predicted octanol–water partition coefficient (Wildman–Crippen LogP) is 5.29. The van der Waals surface area contributed by atoms with Gasteiger partial charge in [-0.2, -0.15) is 0 Å². The van der Waals surface area contributed by atoms with Gasteiger partial charge in [-0.05, 0) is 80.4 Å². The standard InChI is InChI=1S/C32H36FN5O/c1-2-24-7-3-5-9-29(24)36-19-21-37(22-20-36)32(39)25-15-17-35(18-16-25)23-31-34-28-8-4-6-10-30(28)38(31)27-13-11-26(33)12-14-27/h3-14,25H,2,15-23H2,1H3. The number of rotatable bonds is 6. The van der Waals surface area contributed by atoms with E-state index in [1.807, 2.05) is 18.2 Å². The van der Waals surface area contributed by atoms with Gasteiger partial charge in [0, 0.05) is 43.5 Å². The number of likely N-dealkylation sites (tertiary alicyclic amines) is 1. The molecule has 0 saturated carbocycles. The summed E-state index contributed by atoms with van der Waals surface area (Å²) in [7, 11) is 0. The Kier molecular flexibility index (Phi) is 7.33. The summed E-state index contributed by atoms with van der Waals surface area (Å²) >= 11 is 0. The number of fused-ring (bicyclic) bond motifs is 1. The Labute approximate surface area is 229 Å². The zero-order valence-corrected chi connectivity index (χ0v) is 22.6. The number of para-hydroxylation sites is 3. The first-order valence-corrected chi connectivity index (χ1v) is 14.2. The number of amides is 1. The van der Waals surface area contributed by atoms with Crippen LogP contribution in [0, 0.1) is 11.7 Å². The smallest absolute Gasteiger partial charge is 0.225 e. The number of imidazole rings is 1. The predicted molar refractivity (Wildman–Crippen MR) is 154 cm³/mol. The molecule has 2 aliphatic heterocycles. The maximum Gasteiger partial charge on any atom is 0.225 e. The summed E-state index contributed by atoms with van der Waals surface area (Å²) < 4.78 is 15.7. The molecule has 2 fully saturated rings. The van der Waals surface area contributed by atoms with E-state index < -0.39 is 0 Å². The molecule has 2 aliphatic rings. The molecule has 39 heavy (non-hydrogen) atoms. The van der Waals surface area contributed by atoms with Crippen LogP contribution < -0.4 is 4.90 Å². The fourth-order valence-corrected chi connectivity index (χ4v) is 6.14. The molecular weight excluding hydrogens is 489 g/mol. The van der Waals surface area contributed by atoms with Crippen molar-refractivity contribution < 1.29 is 9.18 Å². The summed E-state index contributed by atoms with van der Waals surface area (Å²) in [6.45, 7) is 7.99. The van der Waals surface area contributed by atoms with Crippen molar-refractivity contribution in [2.24, 2.45) is 5.92 Å². The Balaban J connectivity index is 1.08. The maximum atomic E-state index is 13.6. The molecule has 0 bridgehead atoms. The lowest BCUT2D eigenvalue weighted by Crippen LogP contribution is -2.51. The molecule has 0 atom stereocenters. The van der Waals surface area contributed by atoms with Crippen LogP contribution in [0.15, 0.2) is 72.8 Å². The van der Waals surface area contributed by atoms with Crippen molar-refractivity contribution >= 4 is 22.6 Å². The van der Waals surface area contributed by atoms with E-state index in [-0.39, 0.29) is 11.7 Å². The van der Waals surface area contributed by atoms with Gasteiger partial charge in [0.15, 0.2) is 0 Å². The number of nitrogens with zero attached hydrogens (tertiary/aromatic N) is 5. The highest BCUT2D eigenvalue weighted by atomic mass is 19.1. The number of halogens is 1. The molecule has 0 unspecified atom stereocenters. The first kappa shape index (κ1) is 25.6. The van der Waals surface area contributed by atoms with Crippen molar-refractivity contribution in [2.45, 2.75) is 32.7 Å². The lowest BCUT2D eigenvalue weighted by atomic mass is 9.95. The Morgan fingerprint density at radius 1 is 0.872 bits per heavy atom. The van der Waals surface area contributed by atoms with Crippen LogP contribution in [0.25, 0.3) is 16.7 Å². The number of benzene rings is 3. The third-order valence-electron chi connectivity index (χ3n) is 8.32. The van der Waals surface area contributed by atoms with Crippen LogP contribution in [-0.2, 0) is 17.8 Å². The third kappa shape index (κ3) is 5.28. The molecule has 1 aromatic heterocycles. The van der Waals surface area contributed by atoms with Gasteiger partial charge in [-0.15, -0.1) is 0 Å². The van der Waals surface area contributed by atoms with Crippen molar-refractivity contribution in [1.29, 1.82) is 0 Å². The number of carbonyl (C=O) groups excluding carboxylic acids is 1. The van der Waals surface area contributed by atoms with Gasteiger partial charge in [0.1, 0.15) is 11.6 Å². The Hall–Kier alpha value is -3.71. The van der Waals surface area contributed by atoms with Gasteiger partial charge >= 0.3 is 0 Å². The minimum Gasteiger partial charge on any atom is -0.368 e. The summed E-state index contributed by atoms with van der Waals surface area (Å²) in [6, 6.07) is 23.3. The summed E-state index contributed by atoms with van der Waals surface area (Å²) in [4.78, 5) is 25.2. The van der Waals surface area contributed by atoms with Crippen LogP contribution in [0.5, 0.6) is 0 Å². The highest BCUT2D eigenvalue weighted by Gasteiger charge is 2.31. The van der Waals surface area contributed by atoms with Gasteiger partial charge < -0.3 is 9.80 Å². The Morgan fingerprint density at radius 2 is 1.56 bits per heavy atom. The summed E-state index contributed by atoms with van der Waals surface area (Å²) in [5, 5.41) is 0. The van der Waals surface area contributed by atoms with Gasteiger partial charge in [-0.3, -0.25) is 14.3 Å². The Bertz CT molecular complexity index is 1430. The molecule has 0 N–H and O–H groups in total. The summed E-state index contributed by atoms with van der Waals surface area (Å²) in [5.41, 5.74) is 5.54. The monoisotopic (exact) mass is 525 g/mol. The van der Waals surface area contributed by atoms with E-state index in [9.17, 15) is 9.18 Å². The van der Waals surface area contributed by atoms with Crippen molar-refractivity contribution in [3.05, 3.63) is 90.0 Å². The molecule has 0 aliphatic carbocycles. The number of carbonyl (C=O) groups is 1. The zero-order chi connectivity index (χ0) is 26.8. The number of piperidine rings is 1. The van der Waals surface area contributed by atoms with Gasteiger partial charge in [-0.1, -0.05) is 37.3 Å². The SMILES string of the molecule is CCc1ccccc1N1CCN(C(=O)C2CCN(Cc3nc4ccccc4n3-c3ccc(F)cc3)CC2)CC1. The number of anilines is 1. The highest BCUT2D eigenvalue weighted by Crippen LogP contribution is 2.27. The first-order valence-electron chi connectivity index (χ1n) is 14.2. The molecule has 4 aromatic rings. The van der Waals surface area contributed by atoms with E-state index in [0.29, 0.717) is 12.5 Å². The summed E-state index contributed by atoms with van der Waals surface area (Å²) in [5.74, 6) is 1.10. The van der Waals surface area contributed by atoms with E-state index in [2.05, 4.69) is 56.5 Å². The molecular formula is C32H36FN5O. The second-order valence-electron chi connectivity index (χ2n) is 10.7. The van der Waals surface area contributed by atoms with Crippen LogP contribution in [0.3, 0.4) is 0 Å². The zero-order valence-electron chi connectivity index (χ0n) is 22.6. The quantitative estimate of drug-likeness (QED) is 0.343. The fourth-order valence-electron chi connectivity index (χ4n) is 6.14. The molecule has 3 aromatic carbocycles. The van der Waals surface area contributed by atoms with E-state index in [4.69, 9.17) is 4.98 Å².